The molecule has 29 heavy (non-hydrogen) atoms. The van der Waals surface area contributed by atoms with Crippen molar-refractivity contribution < 1.29 is 27.5 Å². The van der Waals surface area contributed by atoms with Crippen LogP contribution in [0.15, 0.2) is 24.3 Å². The summed E-state index contributed by atoms with van der Waals surface area (Å²) in [4.78, 5) is 35.7. The van der Waals surface area contributed by atoms with Crippen LogP contribution in [0, 0.1) is 0 Å². The molecule has 8 heteroatoms. The van der Waals surface area contributed by atoms with Crippen LogP contribution in [0.5, 0.6) is 0 Å². The number of sulfone groups is 1. The number of aryl methyl sites for hydroxylation is 1. The first-order valence-electron chi connectivity index (χ1n) is 10.1. The summed E-state index contributed by atoms with van der Waals surface area (Å²) in [6.45, 7) is 1.68. The van der Waals surface area contributed by atoms with Gasteiger partial charge in [0.05, 0.1) is 17.9 Å². The van der Waals surface area contributed by atoms with Crippen LogP contribution in [-0.4, -0.2) is 50.2 Å². The van der Waals surface area contributed by atoms with Crippen molar-refractivity contribution >= 4 is 27.5 Å². The van der Waals surface area contributed by atoms with E-state index in [1.807, 2.05) is 12.1 Å². The number of nitrogens with one attached hydrogen (secondary N) is 1. The van der Waals surface area contributed by atoms with Crippen LogP contribution in [0.4, 0.5) is 0 Å². The number of amides is 1. The lowest BCUT2D eigenvalue weighted by Crippen LogP contribution is -2.38. The van der Waals surface area contributed by atoms with Crippen molar-refractivity contribution in [2.45, 2.75) is 57.9 Å². The molecule has 0 radical (unpaired) electrons. The van der Waals surface area contributed by atoms with Gasteiger partial charge in [0.15, 0.2) is 22.2 Å². The molecule has 0 saturated carbocycles. The number of hydrogen-bond acceptors (Lipinski definition) is 6. The van der Waals surface area contributed by atoms with Crippen LogP contribution in [0.2, 0.25) is 0 Å². The Morgan fingerprint density at radius 1 is 1.10 bits per heavy atom. The predicted octanol–water partition coefficient (Wildman–Crippen LogP) is 2.23. The summed E-state index contributed by atoms with van der Waals surface area (Å²) < 4.78 is 27.6. The van der Waals surface area contributed by atoms with Crippen LogP contribution in [-0.2, 0) is 30.6 Å². The summed E-state index contributed by atoms with van der Waals surface area (Å²) in [5.74, 6) is -1.35. The number of carbonyl (C=O) groups excluding carboxylic acids is 3. The molecule has 7 nitrogen and oxygen atoms in total. The molecule has 0 bridgehead atoms. The van der Waals surface area contributed by atoms with Crippen LogP contribution < -0.4 is 5.32 Å². The molecule has 1 aliphatic heterocycles. The van der Waals surface area contributed by atoms with Gasteiger partial charge in [0.2, 0.25) is 0 Å². The monoisotopic (exact) mass is 423 g/mol. The number of Topliss-reactive ketones (excluding diaryl/α,β-unsaturated/α-hetero) is 1. The lowest BCUT2D eigenvalue weighted by Gasteiger charge is -2.11. The molecule has 160 valence electrons. The number of unbranched alkanes of at least 4 members (excludes halogenated alkanes) is 2. The van der Waals surface area contributed by atoms with Gasteiger partial charge in [-0.15, -0.1) is 0 Å². The first kappa shape index (κ1) is 23.1. The van der Waals surface area contributed by atoms with Gasteiger partial charge in [-0.05, 0) is 24.8 Å². The number of esters is 1. The number of ketones is 1. The average Bonchev–Trinajstić information content (AvgIpc) is 3.03. The maximum absolute atomic E-state index is 12.2. The third kappa shape index (κ3) is 8.35. The Balaban J connectivity index is 1.66. The minimum atomic E-state index is -3.09. The molecule has 0 aliphatic carbocycles. The number of rotatable bonds is 11. The van der Waals surface area contributed by atoms with Crippen molar-refractivity contribution in [2.75, 3.05) is 18.1 Å². The van der Waals surface area contributed by atoms with Gasteiger partial charge in [-0.2, -0.15) is 0 Å². The van der Waals surface area contributed by atoms with Crippen LogP contribution in [0.3, 0.4) is 0 Å². The number of hydrogen-bond donors (Lipinski definition) is 1. The first-order valence-corrected chi connectivity index (χ1v) is 11.9. The molecule has 1 aliphatic rings. The number of benzene rings is 1. The van der Waals surface area contributed by atoms with E-state index in [4.69, 9.17) is 4.74 Å². The number of carbonyl (C=O) groups is 3. The van der Waals surface area contributed by atoms with E-state index in [0.29, 0.717) is 12.0 Å². The zero-order chi connectivity index (χ0) is 21.3. The van der Waals surface area contributed by atoms with Gasteiger partial charge in [-0.1, -0.05) is 44.0 Å². The Kier molecular flexibility index (Phi) is 8.82. The van der Waals surface area contributed by atoms with E-state index >= 15 is 0 Å². The second-order valence-electron chi connectivity index (χ2n) is 7.41. The Hall–Kier alpha value is -2.22. The molecule has 1 aromatic carbocycles. The Morgan fingerprint density at radius 2 is 1.83 bits per heavy atom. The summed E-state index contributed by atoms with van der Waals surface area (Å²) in [6.07, 6.45) is 4.73. The standard InChI is InChI=1S/C21H29NO6S/c1-2-3-4-5-16-6-8-17(9-7-16)19(23)10-11-21(25)28-14-20(24)22-18-12-13-29(26,27)15-18/h6-9,18H,2-5,10-15H2,1H3,(H,22,24)/t18-/m1/s1. The average molecular weight is 424 g/mol. The Morgan fingerprint density at radius 3 is 2.45 bits per heavy atom. The molecule has 1 atom stereocenters. The number of ether oxygens (including phenoxy) is 1. The highest BCUT2D eigenvalue weighted by Gasteiger charge is 2.29. The fourth-order valence-corrected chi connectivity index (χ4v) is 4.87. The highest BCUT2D eigenvalue weighted by molar-refractivity contribution is 7.91. The van der Waals surface area contributed by atoms with Crippen molar-refractivity contribution in [3.05, 3.63) is 35.4 Å². The Bertz CT molecular complexity index is 816. The molecular formula is C21H29NO6S. The minimum absolute atomic E-state index is 0.0104. The van der Waals surface area contributed by atoms with Crippen LogP contribution in [0.1, 0.15) is 61.4 Å². The molecule has 1 amide bonds. The Labute approximate surface area is 172 Å². The maximum atomic E-state index is 12.2. The van der Waals surface area contributed by atoms with E-state index in [0.717, 1.165) is 19.3 Å². The quantitative estimate of drug-likeness (QED) is 0.332. The molecular weight excluding hydrogens is 394 g/mol. The summed E-state index contributed by atoms with van der Waals surface area (Å²) in [5.41, 5.74) is 1.74. The summed E-state index contributed by atoms with van der Waals surface area (Å²) in [6, 6.07) is 7.00. The first-order chi connectivity index (χ1) is 13.8. The summed E-state index contributed by atoms with van der Waals surface area (Å²) in [7, 11) is -3.09. The normalized spacial score (nSPS) is 17.6. The van der Waals surface area contributed by atoms with Crippen LogP contribution in [0.25, 0.3) is 0 Å². The van der Waals surface area contributed by atoms with Crippen molar-refractivity contribution in [2.24, 2.45) is 0 Å². The van der Waals surface area contributed by atoms with Gasteiger partial charge in [-0.25, -0.2) is 8.42 Å². The van der Waals surface area contributed by atoms with Crippen molar-refractivity contribution in [3.63, 3.8) is 0 Å². The van der Waals surface area contributed by atoms with E-state index < -0.39 is 34.4 Å². The second-order valence-corrected chi connectivity index (χ2v) is 9.63. The van der Waals surface area contributed by atoms with E-state index in [2.05, 4.69) is 12.2 Å². The highest BCUT2D eigenvalue weighted by atomic mass is 32.2. The van der Waals surface area contributed by atoms with E-state index in [-0.39, 0.29) is 30.1 Å². The van der Waals surface area contributed by atoms with Crippen molar-refractivity contribution in [1.29, 1.82) is 0 Å². The smallest absolute Gasteiger partial charge is 0.306 e. The van der Waals surface area contributed by atoms with Crippen molar-refractivity contribution in [3.8, 4) is 0 Å². The van der Waals surface area contributed by atoms with E-state index in [1.165, 1.54) is 12.0 Å². The molecule has 1 fully saturated rings. The molecule has 1 saturated heterocycles. The summed E-state index contributed by atoms with van der Waals surface area (Å²) >= 11 is 0. The van der Waals surface area contributed by atoms with Gasteiger partial charge in [0, 0.05) is 18.0 Å². The molecule has 0 spiro atoms. The fourth-order valence-electron chi connectivity index (χ4n) is 3.19. The SMILES string of the molecule is CCCCCc1ccc(C(=O)CCC(=O)OCC(=O)N[C@@H]2CCS(=O)(=O)C2)cc1. The lowest BCUT2D eigenvalue weighted by molar-refractivity contribution is -0.148. The maximum Gasteiger partial charge on any atom is 0.306 e. The van der Waals surface area contributed by atoms with Gasteiger partial charge in [-0.3, -0.25) is 14.4 Å². The van der Waals surface area contributed by atoms with E-state index in [1.54, 1.807) is 12.1 Å². The molecule has 1 N–H and O–H groups in total. The predicted molar refractivity (Wildman–Crippen MR) is 109 cm³/mol. The third-order valence-electron chi connectivity index (χ3n) is 4.86. The largest absolute Gasteiger partial charge is 0.456 e. The highest BCUT2D eigenvalue weighted by Crippen LogP contribution is 2.12. The molecule has 0 aromatic heterocycles. The van der Waals surface area contributed by atoms with Crippen molar-refractivity contribution in [1.82, 2.24) is 5.32 Å². The van der Waals surface area contributed by atoms with Gasteiger partial charge in [0.1, 0.15) is 0 Å². The minimum Gasteiger partial charge on any atom is -0.456 e. The van der Waals surface area contributed by atoms with Gasteiger partial charge in [0.25, 0.3) is 5.91 Å². The fraction of sp³-hybridized carbons (Fsp3) is 0.571. The van der Waals surface area contributed by atoms with Crippen LogP contribution >= 0.6 is 0 Å². The van der Waals surface area contributed by atoms with Gasteiger partial charge >= 0.3 is 5.97 Å². The van der Waals surface area contributed by atoms with Gasteiger partial charge < -0.3 is 10.1 Å². The third-order valence-corrected chi connectivity index (χ3v) is 6.63. The second kappa shape index (κ2) is 11.1. The molecule has 1 aromatic rings. The molecule has 1 heterocycles. The summed E-state index contributed by atoms with van der Waals surface area (Å²) in [5, 5.41) is 2.54. The molecule has 2 rings (SSSR count). The van der Waals surface area contributed by atoms with E-state index in [9.17, 15) is 22.8 Å². The lowest BCUT2D eigenvalue weighted by atomic mass is 10.0. The zero-order valence-electron chi connectivity index (χ0n) is 16.8. The molecule has 0 unspecified atom stereocenters. The zero-order valence-corrected chi connectivity index (χ0v) is 17.6. The topological polar surface area (TPSA) is 107 Å².